The zero-order valence-corrected chi connectivity index (χ0v) is 10.8. The quantitative estimate of drug-likeness (QED) is 0.768. The molecular weight excluding hydrogens is 287 g/mol. The number of halogens is 3. The Morgan fingerprint density at radius 2 is 1.95 bits per heavy atom. The van der Waals surface area contributed by atoms with E-state index < -0.39 is 11.7 Å². The van der Waals surface area contributed by atoms with E-state index in [4.69, 9.17) is 5.73 Å². The Bertz CT molecular complexity index is 802. The number of rotatable bonds is 2. The predicted molar refractivity (Wildman–Crippen MR) is 67.0 cm³/mol. The van der Waals surface area contributed by atoms with Gasteiger partial charge in [0.2, 0.25) is 0 Å². The largest absolute Gasteiger partial charge is 0.419 e. The molecule has 0 saturated heterocycles. The van der Waals surface area contributed by atoms with Crippen molar-refractivity contribution in [2.45, 2.75) is 12.7 Å². The Labute approximate surface area is 116 Å². The Morgan fingerprint density at radius 1 is 1.19 bits per heavy atom. The van der Waals surface area contributed by atoms with Gasteiger partial charge in [-0.3, -0.25) is 9.36 Å². The van der Waals surface area contributed by atoms with Gasteiger partial charge in [-0.2, -0.15) is 23.4 Å². The van der Waals surface area contributed by atoms with Crippen molar-refractivity contribution in [2.75, 3.05) is 5.73 Å². The van der Waals surface area contributed by atoms with Gasteiger partial charge >= 0.3 is 6.18 Å². The highest BCUT2D eigenvalue weighted by atomic mass is 19.4. The molecule has 0 aromatic carbocycles. The highest BCUT2D eigenvalue weighted by Crippen LogP contribution is 2.28. The van der Waals surface area contributed by atoms with Gasteiger partial charge in [0, 0.05) is 13.2 Å². The molecule has 3 aromatic heterocycles. The molecule has 0 amide bonds. The number of aryl methyl sites for hydroxylation is 1. The SMILES string of the molecule is Cn1ncc2c(N)nc(Cn3cc(C(F)(F)F)cn3)nc21. The van der Waals surface area contributed by atoms with Crippen molar-refractivity contribution in [1.29, 1.82) is 0 Å². The van der Waals surface area contributed by atoms with E-state index in [0.29, 0.717) is 11.0 Å². The summed E-state index contributed by atoms with van der Waals surface area (Å²) < 4.78 is 40.1. The molecule has 0 bridgehead atoms. The van der Waals surface area contributed by atoms with Gasteiger partial charge in [-0.1, -0.05) is 0 Å². The van der Waals surface area contributed by atoms with E-state index in [9.17, 15) is 13.2 Å². The van der Waals surface area contributed by atoms with Crippen LogP contribution in [0.4, 0.5) is 19.0 Å². The molecular formula is C11H10F3N7. The molecule has 110 valence electrons. The third kappa shape index (κ3) is 2.39. The molecule has 0 aliphatic carbocycles. The van der Waals surface area contributed by atoms with Gasteiger partial charge in [0.25, 0.3) is 0 Å². The zero-order valence-electron chi connectivity index (χ0n) is 10.8. The highest BCUT2D eigenvalue weighted by Gasteiger charge is 2.32. The lowest BCUT2D eigenvalue weighted by Crippen LogP contribution is -2.08. The van der Waals surface area contributed by atoms with Crippen molar-refractivity contribution in [3.05, 3.63) is 30.0 Å². The monoisotopic (exact) mass is 297 g/mol. The van der Waals surface area contributed by atoms with Crippen molar-refractivity contribution >= 4 is 16.9 Å². The van der Waals surface area contributed by atoms with Crippen LogP contribution in [0.1, 0.15) is 11.4 Å². The van der Waals surface area contributed by atoms with E-state index in [2.05, 4.69) is 20.2 Å². The molecule has 0 fully saturated rings. The maximum absolute atomic E-state index is 12.5. The van der Waals surface area contributed by atoms with Gasteiger partial charge in [-0.15, -0.1) is 0 Å². The van der Waals surface area contributed by atoms with Crippen molar-refractivity contribution < 1.29 is 13.2 Å². The minimum Gasteiger partial charge on any atom is -0.383 e. The summed E-state index contributed by atoms with van der Waals surface area (Å²) in [6, 6.07) is 0. The molecule has 10 heteroatoms. The average Bonchev–Trinajstić information content (AvgIpc) is 2.97. The second-order valence-electron chi connectivity index (χ2n) is 4.45. The molecule has 0 aliphatic rings. The molecule has 0 radical (unpaired) electrons. The summed E-state index contributed by atoms with van der Waals surface area (Å²) in [6.45, 7) is -0.0125. The normalized spacial score (nSPS) is 12.2. The fourth-order valence-electron chi connectivity index (χ4n) is 1.90. The van der Waals surface area contributed by atoms with E-state index in [1.165, 1.54) is 10.9 Å². The molecule has 0 aliphatic heterocycles. The molecule has 2 N–H and O–H groups in total. The number of hydrogen-bond acceptors (Lipinski definition) is 5. The first-order chi connectivity index (χ1) is 9.84. The van der Waals surface area contributed by atoms with Crippen molar-refractivity contribution in [1.82, 2.24) is 29.5 Å². The maximum Gasteiger partial charge on any atom is 0.419 e. The summed E-state index contributed by atoms with van der Waals surface area (Å²) in [7, 11) is 1.69. The minimum atomic E-state index is -4.43. The summed E-state index contributed by atoms with van der Waals surface area (Å²) in [6.07, 6.45) is -1.24. The zero-order chi connectivity index (χ0) is 15.2. The van der Waals surface area contributed by atoms with Crippen LogP contribution in [0.25, 0.3) is 11.0 Å². The van der Waals surface area contributed by atoms with Gasteiger partial charge in [-0.05, 0) is 0 Å². The number of nitrogens with zero attached hydrogens (tertiary/aromatic N) is 6. The Hall–Kier alpha value is -2.65. The smallest absolute Gasteiger partial charge is 0.383 e. The van der Waals surface area contributed by atoms with Crippen LogP contribution in [-0.4, -0.2) is 29.5 Å². The van der Waals surface area contributed by atoms with Gasteiger partial charge in [0.1, 0.15) is 12.4 Å². The first kappa shape index (κ1) is 13.3. The Kier molecular flexibility index (Phi) is 2.81. The minimum absolute atomic E-state index is 0.0125. The third-order valence-electron chi connectivity index (χ3n) is 2.93. The molecule has 3 heterocycles. The average molecular weight is 297 g/mol. The predicted octanol–water partition coefficient (Wildman–Crippen LogP) is 1.21. The first-order valence-corrected chi connectivity index (χ1v) is 5.88. The van der Waals surface area contributed by atoms with Crippen LogP contribution in [-0.2, 0) is 19.8 Å². The summed E-state index contributed by atoms with van der Waals surface area (Å²) in [5.74, 6) is 0.492. The summed E-state index contributed by atoms with van der Waals surface area (Å²) in [5, 5.41) is 8.25. The highest BCUT2D eigenvalue weighted by molar-refractivity contribution is 5.84. The number of anilines is 1. The summed E-state index contributed by atoms with van der Waals surface area (Å²) in [4.78, 5) is 8.28. The van der Waals surface area contributed by atoms with Gasteiger partial charge in [-0.25, -0.2) is 9.97 Å². The van der Waals surface area contributed by atoms with Crippen LogP contribution in [0.2, 0.25) is 0 Å². The van der Waals surface area contributed by atoms with Crippen molar-refractivity contribution in [3.63, 3.8) is 0 Å². The van der Waals surface area contributed by atoms with Crippen LogP contribution in [0, 0.1) is 0 Å². The number of hydrogen-bond donors (Lipinski definition) is 1. The third-order valence-corrected chi connectivity index (χ3v) is 2.93. The van der Waals surface area contributed by atoms with Crippen molar-refractivity contribution in [3.8, 4) is 0 Å². The number of nitrogen functional groups attached to an aromatic ring is 1. The molecule has 7 nitrogen and oxygen atoms in total. The second-order valence-corrected chi connectivity index (χ2v) is 4.45. The Morgan fingerprint density at radius 3 is 2.62 bits per heavy atom. The van der Waals surface area contributed by atoms with Crippen LogP contribution in [0.3, 0.4) is 0 Å². The summed E-state index contributed by atoms with van der Waals surface area (Å²) in [5.41, 5.74) is 5.48. The fourth-order valence-corrected chi connectivity index (χ4v) is 1.90. The lowest BCUT2D eigenvalue weighted by Gasteiger charge is -2.04. The number of alkyl halides is 3. The van der Waals surface area contributed by atoms with Crippen LogP contribution in [0.15, 0.2) is 18.6 Å². The molecule has 0 unspecified atom stereocenters. The molecule has 0 saturated carbocycles. The van der Waals surface area contributed by atoms with Crippen LogP contribution in [0.5, 0.6) is 0 Å². The van der Waals surface area contributed by atoms with E-state index in [-0.39, 0.29) is 18.2 Å². The van der Waals surface area contributed by atoms with Crippen molar-refractivity contribution in [2.24, 2.45) is 7.05 Å². The number of fused-ring (bicyclic) bond motifs is 1. The van der Waals surface area contributed by atoms with E-state index >= 15 is 0 Å². The molecule has 3 aromatic rings. The Balaban J connectivity index is 1.94. The number of nitrogens with two attached hydrogens (primary N) is 1. The van der Waals surface area contributed by atoms with Crippen LogP contribution >= 0.6 is 0 Å². The van der Waals surface area contributed by atoms with E-state index in [1.54, 1.807) is 7.05 Å². The fraction of sp³-hybridized carbons (Fsp3) is 0.273. The first-order valence-electron chi connectivity index (χ1n) is 5.88. The van der Waals surface area contributed by atoms with E-state index in [0.717, 1.165) is 17.1 Å². The van der Waals surface area contributed by atoms with Gasteiger partial charge in [0.05, 0.1) is 23.3 Å². The molecule has 3 rings (SSSR count). The maximum atomic E-state index is 12.5. The number of aromatic nitrogens is 6. The standard InChI is InChI=1S/C11H10F3N7/c1-20-10-7(3-16-20)9(15)18-8(19-10)5-21-4-6(2-17-21)11(12,13)14/h2-4H,5H2,1H3,(H2,15,18,19). The molecule has 0 atom stereocenters. The summed E-state index contributed by atoms with van der Waals surface area (Å²) >= 11 is 0. The van der Waals surface area contributed by atoms with Gasteiger partial charge in [0.15, 0.2) is 11.5 Å². The lowest BCUT2D eigenvalue weighted by molar-refractivity contribution is -0.137. The van der Waals surface area contributed by atoms with Crippen LogP contribution < -0.4 is 5.73 Å². The van der Waals surface area contributed by atoms with Gasteiger partial charge < -0.3 is 5.73 Å². The topological polar surface area (TPSA) is 87.4 Å². The second kappa shape index (κ2) is 4.43. The molecule has 0 spiro atoms. The van der Waals surface area contributed by atoms with E-state index in [1.807, 2.05) is 0 Å². The molecule has 21 heavy (non-hydrogen) atoms. The lowest BCUT2D eigenvalue weighted by atomic mass is 10.3.